The summed E-state index contributed by atoms with van der Waals surface area (Å²) in [5.41, 5.74) is 8.90. The summed E-state index contributed by atoms with van der Waals surface area (Å²) in [7, 11) is 0. The van der Waals surface area contributed by atoms with Gasteiger partial charge in [-0.2, -0.15) is 0 Å². The van der Waals surface area contributed by atoms with Crippen molar-refractivity contribution in [2.24, 2.45) is 0 Å². The minimum atomic E-state index is 0.608. The smallest absolute Gasteiger partial charge is 0.164 e. The van der Waals surface area contributed by atoms with Gasteiger partial charge in [-0.1, -0.05) is 116 Å². The number of hydrogen-bond acceptors (Lipinski definition) is 5. The molecule has 48 heavy (non-hydrogen) atoms. The zero-order valence-electron chi connectivity index (χ0n) is 25.8. The lowest BCUT2D eigenvalue weighted by Crippen LogP contribution is -2.01. The number of thiophene rings is 1. The van der Waals surface area contributed by atoms with E-state index in [1.54, 1.807) is 11.3 Å². The number of rotatable bonds is 6. The van der Waals surface area contributed by atoms with Crippen LogP contribution >= 0.6 is 11.3 Å². The lowest BCUT2D eigenvalue weighted by Gasteiger charge is -2.13. The lowest BCUT2D eigenvalue weighted by atomic mass is 9.96. The van der Waals surface area contributed by atoms with E-state index in [1.807, 2.05) is 85.1 Å². The topological polar surface area (TPSA) is 56.5 Å². The number of nitrogens with zero attached hydrogens (tertiary/aromatic N) is 5. The van der Waals surface area contributed by atoms with Crippen molar-refractivity contribution in [2.75, 3.05) is 0 Å². The molecule has 226 valence electrons. The van der Waals surface area contributed by atoms with E-state index in [9.17, 15) is 0 Å². The van der Waals surface area contributed by atoms with Crippen molar-refractivity contribution in [1.29, 1.82) is 0 Å². The molecule has 0 saturated carbocycles. The van der Waals surface area contributed by atoms with Crippen LogP contribution in [0.1, 0.15) is 11.1 Å². The van der Waals surface area contributed by atoms with Crippen LogP contribution in [0.4, 0.5) is 0 Å². The van der Waals surface area contributed by atoms with Gasteiger partial charge in [0.2, 0.25) is 0 Å². The summed E-state index contributed by atoms with van der Waals surface area (Å²) in [5, 5.41) is 3.46. The molecule has 0 unspecified atom stereocenters. The number of hydrogen-bond donors (Lipinski definition) is 0. The van der Waals surface area contributed by atoms with Gasteiger partial charge in [-0.25, -0.2) is 15.0 Å². The molecule has 0 radical (unpaired) electrons. The minimum Gasteiger partial charge on any atom is -0.306 e. The maximum Gasteiger partial charge on any atom is 0.164 e. The number of aromatic nitrogens is 5. The average molecular weight is 634 g/mol. The highest BCUT2D eigenvalue weighted by atomic mass is 32.1. The van der Waals surface area contributed by atoms with Crippen molar-refractivity contribution in [3.05, 3.63) is 152 Å². The van der Waals surface area contributed by atoms with Crippen molar-refractivity contribution in [2.45, 2.75) is 0 Å². The van der Waals surface area contributed by atoms with Gasteiger partial charge in [0.15, 0.2) is 17.5 Å². The molecule has 0 aliphatic rings. The molecule has 5 nitrogen and oxygen atoms in total. The third-order valence-electron chi connectivity index (χ3n) is 8.83. The number of benzene rings is 5. The molecule has 0 atom stereocenters. The predicted octanol–water partition coefficient (Wildman–Crippen LogP) is 11.0. The van der Waals surface area contributed by atoms with Gasteiger partial charge in [0.25, 0.3) is 0 Å². The van der Waals surface area contributed by atoms with Gasteiger partial charge in [0, 0.05) is 49.4 Å². The first-order valence-electron chi connectivity index (χ1n) is 15.7. The predicted molar refractivity (Wildman–Crippen MR) is 201 cm³/mol. The summed E-state index contributed by atoms with van der Waals surface area (Å²) in [6, 6.07) is 41.3. The van der Waals surface area contributed by atoms with Gasteiger partial charge < -0.3 is 4.57 Å². The largest absolute Gasteiger partial charge is 0.306 e. The Morgan fingerprint density at radius 3 is 1.88 bits per heavy atom. The van der Waals surface area contributed by atoms with Crippen LogP contribution in [0.5, 0.6) is 0 Å². The summed E-state index contributed by atoms with van der Waals surface area (Å²) in [6.07, 6.45) is 5.76. The Hall–Kier alpha value is -6.24. The number of fused-ring (bicyclic) bond motifs is 7. The molecule has 6 heteroatoms. The summed E-state index contributed by atoms with van der Waals surface area (Å²) in [5.74, 6) is 1.87. The molecule has 0 saturated heterocycles. The number of pyridine rings is 1. The fourth-order valence-corrected chi connectivity index (χ4v) is 8.01. The van der Waals surface area contributed by atoms with Crippen LogP contribution in [0, 0.1) is 0 Å². The van der Waals surface area contributed by atoms with E-state index in [0.29, 0.717) is 17.5 Å². The molecule has 0 spiro atoms. The van der Waals surface area contributed by atoms with Gasteiger partial charge in [-0.05, 0) is 41.5 Å². The second kappa shape index (κ2) is 11.2. The zero-order chi connectivity index (χ0) is 32.2. The first-order chi connectivity index (χ1) is 23.7. The van der Waals surface area contributed by atoms with Crippen molar-refractivity contribution in [1.82, 2.24) is 24.5 Å². The van der Waals surface area contributed by atoms with Gasteiger partial charge in [-0.3, -0.25) is 4.98 Å². The SMILES string of the molecule is C=Cc1c(C=C)c2c3ncccc3n(-c3cccc(-c4nc(-c5ccccc5)nc(-c5ccccc5)n4)c3)c2c2sc3ccccc3c12. The Morgan fingerprint density at radius 1 is 0.583 bits per heavy atom. The van der Waals surface area contributed by atoms with Crippen molar-refractivity contribution < 1.29 is 0 Å². The third kappa shape index (κ3) is 4.31. The van der Waals surface area contributed by atoms with E-state index in [0.717, 1.165) is 55.4 Å². The van der Waals surface area contributed by atoms with Gasteiger partial charge in [0.05, 0.1) is 21.3 Å². The summed E-state index contributed by atoms with van der Waals surface area (Å²) >= 11 is 1.80. The fraction of sp³-hybridized carbons (Fsp3) is 0. The van der Waals surface area contributed by atoms with Gasteiger partial charge >= 0.3 is 0 Å². The molecular weight excluding hydrogens is 607 g/mol. The van der Waals surface area contributed by atoms with Gasteiger partial charge in [-0.15, -0.1) is 11.3 Å². The Kier molecular flexibility index (Phi) is 6.55. The molecule has 0 amide bonds. The molecular formula is C42H27N5S. The van der Waals surface area contributed by atoms with Crippen molar-refractivity contribution >= 4 is 65.6 Å². The summed E-state index contributed by atoms with van der Waals surface area (Å²) < 4.78 is 4.74. The minimum absolute atomic E-state index is 0.608. The second-order valence-corrected chi connectivity index (χ2v) is 12.6. The molecule has 4 heterocycles. The quantitative estimate of drug-likeness (QED) is 0.183. The molecule has 0 aliphatic heterocycles. The molecule has 0 N–H and O–H groups in total. The Labute approximate surface area is 280 Å². The van der Waals surface area contributed by atoms with Crippen molar-refractivity contribution in [3.8, 4) is 39.9 Å². The highest BCUT2D eigenvalue weighted by Crippen LogP contribution is 2.47. The maximum atomic E-state index is 5.01. The van der Waals surface area contributed by atoms with Crippen LogP contribution in [-0.4, -0.2) is 24.5 Å². The van der Waals surface area contributed by atoms with Crippen LogP contribution in [0.2, 0.25) is 0 Å². The highest BCUT2D eigenvalue weighted by molar-refractivity contribution is 7.26. The molecule has 9 aromatic rings. The zero-order valence-corrected chi connectivity index (χ0v) is 26.7. The van der Waals surface area contributed by atoms with E-state index in [-0.39, 0.29) is 0 Å². The standard InChI is InChI=1S/C42H27N5S/c1-3-30-31(4-2)36-37-33(22-14-24-43-37)47(38(36)39-35(30)32-21-11-12-23-34(32)48-39)29-20-13-19-28(25-29)42-45-40(26-15-7-5-8-16-26)44-41(46-42)27-17-9-6-10-18-27/h3-25H,1-2H2. The van der Waals surface area contributed by atoms with E-state index in [1.165, 1.54) is 20.2 Å². The average Bonchev–Trinajstić information content (AvgIpc) is 3.71. The molecule has 9 rings (SSSR count). The van der Waals surface area contributed by atoms with Crippen LogP contribution in [-0.2, 0) is 0 Å². The first-order valence-corrected chi connectivity index (χ1v) is 16.5. The van der Waals surface area contributed by atoms with Gasteiger partial charge in [0.1, 0.15) is 0 Å². The molecule has 0 fully saturated rings. The lowest BCUT2D eigenvalue weighted by molar-refractivity contribution is 1.07. The Bertz CT molecular complexity index is 2650. The molecule has 4 aromatic heterocycles. The molecule has 5 aromatic carbocycles. The van der Waals surface area contributed by atoms with E-state index in [2.05, 4.69) is 72.3 Å². The summed E-state index contributed by atoms with van der Waals surface area (Å²) in [4.78, 5) is 19.9. The highest BCUT2D eigenvalue weighted by Gasteiger charge is 2.24. The van der Waals surface area contributed by atoms with Crippen LogP contribution < -0.4 is 0 Å². The normalized spacial score (nSPS) is 11.5. The van der Waals surface area contributed by atoms with Crippen molar-refractivity contribution in [3.63, 3.8) is 0 Å². The van der Waals surface area contributed by atoms with Crippen LogP contribution in [0.15, 0.2) is 141 Å². The van der Waals surface area contributed by atoms with E-state index >= 15 is 0 Å². The monoisotopic (exact) mass is 633 g/mol. The Morgan fingerprint density at radius 2 is 1.19 bits per heavy atom. The maximum absolute atomic E-state index is 5.01. The van der Waals surface area contributed by atoms with Crippen LogP contribution in [0.3, 0.4) is 0 Å². The van der Waals surface area contributed by atoms with Crippen LogP contribution in [0.25, 0.3) is 94.1 Å². The first kappa shape index (κ1) is 28.0. The van der Waals surface area contributed by atoms with E-state index in [4.69, 9.17) is 19.9 Å². The molecule has 0 aliphatic carbocycles. The Balaban J connectivity index is 1.35. The summed E-state index contributed by atoms with van der Waals surface area (Å²) in [6.45, 7) is 8.51. The fourth-order valence-electron chi connectivity index (χ4n) is 6.75. The second-order valence-electron chi connectivity index (χ2n) is 11.6. The third-order valence-corrected chi connectivity index (χ3v) is 10.0. The molecule has 0 bridgehead atoms. The van der Waals surface area contributed by atoms with E-state index < -0.39 is 0 Å².